The molecule has 3 N–H and O–H groups in total. The molecule has 0 aliphatic carbocycles. The molecule has 0 saturated carbocycles. The molecule has 88 valence electrons. The molecule has 4 heteroatoms. The lowest BCUT2D eigenvalue weighted by Crippen LogP contribution is -2.32. The first-order valence-corrected chi connectivity index (χ1v) is 5.40. The van der Waals surface area contributed by atoms with E-state index in [-0.39, 0.29) is 17.6 Å². The zero-order valence-corrected chi connectivity index (χ0v) is 9.59. The van der Waals surface area contributed by atoms with Crippen LogP contribution >= 0.6 is 0 Å². The van der Waals surface area contributed by atoms with Crippen LogP contribution in [0, 0.1) is 5.82 Å². The molecule has 1 aromatic rings. The molecule has 0 fully saturated rings. The molecular weight excluding hydrogens is 207 g/mol. The van der Waals surface area contributed by atoms with E-state index in [0.29, 0.717) is 5.56 Å². The van der Waals surface area contributed by atoms with Crippen molar-refractivity contribution in [3.05, 3.63) is 29.6 Å². The van der Waals surface area contributed by atoms with Gasteiger partial charge in [0.25, 0.3) is 5.91 Å². The van der Waals surface area contributed by atoms with Crippen molar-refractivity contribution in [3.63, 3.8) is 0 Å². The van der Waals surface area contributed by atoms with E-state index in [1.165, 1.54) is 12.1 Å². The summed E-state index contributed by atoms with van der Waals surface area (Å²) in [7, 11) is 0. The van der Waals surface area contributed by atoms with Crippen molar-refractivity contribution < 1.29 is 9.18 Å². The third-order valence-corrected chi connectivity index (χ3v) is 2.36. The summed E-state index contributed by atoms with van der Waals surface area (Å²) in [6.45, 7) is 3.98. The number of amides is 1. The fourth-order valence-corrected chi connectivity index (χ4v) is 1.55. The minimum absolute atomic E-state index is 0.0990. The topological polar surface area (TPSA) is 55.1 Å². The van der Waals surface area contributed by atoms with Crippen LogP contribution in [0.2, 0.25) is 0 Å². The molecule has 16 heavy (non-hydrogen) atoms. The molecule has 0 radical (unpaired) electrons. The molecule has 0 bridgehead atoms. The van der Waals surface area contributed by atoms with Crippen molar-refractivity contribution in [2.75, 3.05) is 5.73 Å². The van der Waals surface area contributed by atoms with Gasteiger partial charge in [0.2, 0.25) is 0 Å². The molecule has 0 aliphatic heterocycles. The van der Waals surface area contributed by atoms with Crippen LogP contribution in [0.25, 0.3) is 0 Å². The van der Waals surface area contributed by atoms with E-state index in [2.05, 4.69) is 12.2 Å². The van der Waals surface area contributed by atoms with Gasteiger partial charge in [-0.25, -0.2) is 4.39 Å². The maximum atomic E-state index is 12.8. The number of hydrogen-bond donors (Lipinski definition) is 2. The van der Waals surface area contributed by atoms with Crippen LogP contribution in [0.15, 0.2) is 18.2 Å². The van der Waals surface area contributed by atoms with Gasteiger partial charge in [-0.15, -0.1) is 0 Å². The van der Waals surface area contributed by atoms with Crippen molar-refractivity contribution in [3.8, 4) is 0 Å². The van der Waals surface area contributed by atoms with Crippen molar-refractivity contribution in [1.29, 1.82) is 0 Å². The van der Waals surface area contributed by atoms with Crippen LogP contribution in [-0.2, 0) is 0 Å². The molecule has 1 amide bonds. The average molecular weight is 224 g/mol. The van der Waals surface area contributed by atoms with Gasteiger partial charge in [0, 0.05) is 11.7 Å². The maximum absolute atomic E-state index is 12.8. The molecule has 0 aliphatic rings. The monoisotopic (exact) mass is 224 g/mol. The molecule has 0 saturated heterocycles. The zero-order valence-electron chi connectivity index (χ0n) is 9.59. The van der Waals surface area contributed by atoms with Gasteiger partial charge in [-0.2, -0.15) is 0 Å². The fourth-order valence-electron chi connectivity index (χ4n) is 1.55. The van der Waals surface area contributed by atoms with E-state index >= 15 is 0 Å². The molecular formula is C12H17FN2O. The number of halogens is 1. The third kappa shape index (κ3) is 3.22. The molecule has 0 aromatic heterocycles. The van der Waals surface area contributed by atoms with Gasteiger partial charge in [0.05, 0.1) is 5.56 Å². The Morgan fingerprint density at radius 1 is 1.56 bits per heavy atom. The molecule has 1 unspecified atom stereocenters. The summed E-state index contributed by atoms with van der Waals surface area (Å²) in [6, 6.07) is 3.88. The second-order valence-corrected chi connectivity index (χ2v) is 3.89. The van der Waals surface area contributed by atoms with Gasteiger partial charge in [-0.3, -0.25) is 4.79 Å². The molecule has 1 atom stereocenters. The van der Waals surface area contributed by atoms with E-state index in [1.54, 1.807) is 0 Å². The maximum Gasteiger partial charge on any atom is 0.253 e. The summed E-state index contributed by atoms with van der Waals surface area (Å²) < 4.78 is 12.8. The fraction of sp³-hybridized carbons (Fsp3) is 0.417. The van der Waals surface area contributed by atoms with Crippen molar-refractivity contribution in [1.82, 2.24) is 5.32 Å². The molecule has 0 heterocycles. The Balaban J connectivity index is 2.73. The zero-order chi connectivity index (χ0) is 12.1. The Hall–Kier alpha value is -1.58. The lowest BCUT2D eigenvalue weighted by molar-refractivity contribution is 0.0939. The Morgan fingerprint density at radius 2 is 2.25 bits per heavy atom. The summed E-state index contributed by atoms with van der Waals surface area (Å²) in [5, 5.41) is 2.82. The van der Waals surface area contributed by atoms with E-state index in [9.17, 15) is 9.18 Å². The number of nitrogens with two attached hydrogens (primary N) is 1. The summed E-state index contributed by atoms with van der Waals surface area (Å²) >= 11 is 0. The van der Waals surface area contributed by atoms with Crippen molar-refractivity contribution in [2.24, 2.45) is 0 Å². The van der Waals surface area contributed by atoms with Crippen LogP contribution in [0.5, 0.6) is 0 Å². The number of hydrogen-bond acceptors (Lipinski definition) is 2. The quantitative estimate of drug-likeness (QED) is 0.771. The second kappa shape index (κ2) is 5.49. The molecule has 0 spiro atoms. The highest BCUT2D eigenvalue weighted by Crippen LogP contribution is 2.13. The standard InChI is InChI=1S/C12H17FN2O/c1-3-4-8(2)15-12(16)10-6-5-9(13)7-11(10)14/h5-8H,3-4,14H2,1-2H3,(H,15,16). The van der Waals surface area contributed by atoms with E-state index in [0.717, 1.165) is 18.9 Å². The van der Waals surface area contributed by atoms with Crippen LogP contribution < -0.4 is 11.1 Å². The minimum Gasteiger partial charge on any atom is -0.398 e. The van der Waals surface area contributed by atoms with E-state index in [4.69, 9.17) is 5.73 Å². The van der Waals surface area contributed by atoms with Gasteiger partial charge < -0.3 is 11.1 Å². The number of nitrogens with one attached hydrogen (secondary N) is 1. The van der Waals surface area contributed by atoms with Crippen LogP contribution in [0.1, 0.15) is 37.0 Å². The van der Waals surface area contributed by atoms with Gasteiger partial charge in [0.15, 0.2) is 0 Å². The smallest absolute Gasteiger partial charge is 0.253 e. The lowest BCUT2D eigenvalue weighted by atomic mass is 10.1. The first-order chi connectivity index (χ1) is 7.54. The van der Waals surface area contributed by atoms with Crippen LogP contribution in [0.4, 0.5) is 10.1 Å². The van der Waals surface area contributed by atoms with Gasteiger partial charge in [-0.1, -0.05) is 13.3 Å². The Bertz CT molecular complexity index is 379. The second-order valence-electron chi connectivity index (χ2n) is 3.89. The van der Waals surface area contributed by atoms with Gasteiger partial charge in [-0.05, 0) is 31.5 Å². The van der Waals surface area contributed by atoms with Gasteiger partial charge in [0.1, 0.15) is 5.82 Å². The lowest BCUT2D eigenvalue weighted by Gasteiger charge is -2.13. The normalized spacial score (nSPS) is 12.2. The minimum atomic E-state index is -0.435. The first kappa shape index (κ1) is 12.5. The van der Waals surface area contributed by atoms with E-state index in [1.807, 2.05) is 6.92 Å². The SMILES string of the molecule is CCCC(C)NC(=O)c1ccc(F)cc1N. The first-order valence-electron chi connectivity index (χ1n) is 5.40. The summed E-state index contributed by atoms with van der Waals surface area (Å²) in [5.41, 5.74) is 6.06. The highest BCUT2D eigenvalue weighted by Gasteiger charge is 2.12. The summed E-state index contributed by atoms with van der Waals surface area (Å²) in [4.78, 5) is 11.7. The van der Waals surface area contributed by atoms with E-state index < -0.39 is 5.82 Å². The largest absolute Gasteiger partial charge is 0.398 e. The Kier molecular flexibility index (Phi) is 4.28. The van der Waals surface area contributed by atoms with Crippen LogP contribution in [-0.4, -0.2) is 11.9 Å². The number of carbonyl (C=O) groups is 1. The number of rotatable bonds is 4. The predicted octanol–water partition coefficient (Wildman–Crippen LogP) is 2.33. The molecule has 1 rings (SSSR count). The number of anilines is 1. The molecule has 3 nitrogen and oxygen atoms in total. The van der Waals surface area contributed by atoms with Gasteiger partial charge >= 0.3 is 0 Å². The Labute approximate surface area is 94.8 Å². The highest BCUT2D eigenvalue weighted by molar-refractivity contribution is 5.99. The Morgan fingerprint density at radius 3 is 2.81 bits per heavy atom. The highest BCUT2D eigenvalue weighted by atomic mass is 19.1. The molecule has 1 aromatic carbocycles. The summed E-state index contributed by atoms with van der Waals surface area (Å²) in [6.07, 6.45) is 1.91. The van der Waals surface area contributed by atoms with Crippen molar-refractivity contribution in [2.45, 2.75) is 32.7 Å². The van der Waals surface area contributed by atoms with Crippen LogP contribution in [0.3, 0.4) is 0 Å². The number of carbonyl (C=O) groups excluding carboxylic acids is 1. The number of benzene rings is 1. The third-order valence-electron chi connectivity index (χ3n) is 2.36. The predicted molar refractivity (Wildman–Crippen MR) is 62.6 cm³/mol. The van der Waals surface area contributed by atoms with Crippen molar-refractivity contribution >= 4 is 11.6 Å². The number of nitrogen functional groups attached to an aromatic ring is 1. The average Bonchev–Trinajstić information content (AvgIpc) is 2.17. The summed E-state index contributed by atoms with van der Waals surface area (Å²) in [5.74, 6) is -0.686.